The van der Waals surface area contributed by atoms with Gasteiger partial charge in [0.1, 0.15) is 11.6 Å². The summed E-state index contributed by atoms with van der Waals surface area (Å²) in [5.41, 5.74) is 3.79. The number of aryl methyl sites for hydroxylation is 2. The van der Waals surface area contributed by atoms with Crippen LogP contribution in [0.2, 0.25) is 0 Å². The number of amides is 3. The van der Waals surface area contributed by atoms with E-state index in [1.807, 2.05) is 57.1 Å². The Kier molecular flexibility index (Phi) is 7.92. The highest BCUT2D eigenvalue weighted by molar-refractivity contribution is 6.03. The van der Waals surface area contributed by atoms with Gasteiger partial charge >= 0.3 is 12.0 Å². The molecule has 0 saturated heterocycles. The third-order valence-corrected chi connectivity index (χ3v) is 4.28. The summed E-state index contributed by atoms with van der Waals surface area (Å²) in [4.78, 5) is 37.9. The number of anilines is 2. The standard InChI is InChI=1S/C23H24N4O4/c1-15-5-10-20(16(2)11-15)25-23(30)26-21(28)14-31-22(29)18(13-24)12-17-6-8-19(9-7-17)27(3)4/h5-12H,14H2,1-4H3,(H2,25,26,28,30)/b18-12+. The number of carbonyl (C=O) groups is 3. The Morgan fingerprint density at radius 1 is 1.10 bits per heavy atom. The van der Waals surface area contributed by atoms with Crippen LogP contribution in [0.4, 0.5) is 16.2 Å². The van der Waals surface area contributed by atoms with Crippen LogP contribution in [0.15, 0.2) is 48.0 Å². The number of urea groups is 1. The molecule has 0 saturated carbocycles. The van der Waals surface area contributed by atoms with Crippen LogP contribution in [-0.2, 0) is 14.3 Å². The molecule has 0 aliphatic rings. The van der Waals surface area contributed by atoms with Gasteiger partial charge in [-0.1, -0.05) is 29.8 Å². The largest absolute Gasteiger partial charge is 0.451 e. The summed E-state index contributed by atoms with van der Waals surface area (Å²) in [6.07, 6.45) is 1.37. The Labute approximate surface area is 181 Å². The molecule has 2 aromatic rings. The van der Waals surface area contributed by atoms with E-state index in [0.717, 1.165) is 16.8 Å². The van der Waals surface area contributed by atoms with Gasteiger partial charge in [-0.3, -0.25) is 10.1 Å². The summed E-state index contributed by atoms with van der Waals surface area (Å²) < 4.78 is 4.85. The van der Waals surface area contributed by atoms with Gasteiger partial charge in [0, 0.05) is 25.5 Å². The van der Waals surface area contributed by atoms with Gasteiger partial charge < -0.3 is 15.0 Å². The fraction of sp³-hybridized carbons (Fsp3) is 0.217. The number of hydrogen-bond acceptors (Lipinski definition) is 6. The smallest absolute Gasteiger partial charge is 0.349 e. The van der Waals surface area contributed by atoms with E-state index in [1.54, 1.807) is 24.3 Å². The van der Waals surface area contributed by atoms with Crippen molar-refractivity contribution in [3.05, 3.63) is 64.7 Å². The van der Waals surface area contributed by atoms with Crippen LogP contribution in [-0.4, -0.2) is 38.6 Å². The Hall–Kier alpha value is -4.12. The molecule has 2 rings (SSSR count). The van der Waals surface area contributed by atoms with Crippen LogP contribution in [0, 0.1) is 25.2 Å². The van der Waals surface area contributed by atoms with Gasteiger partial charge in [0.05, 0.1) is 0 Å². The topological polar surface area (TPSA) is 112 Å². The normalized spacial score (nSPS) is 10.6. The minimum Gasteiger partial charge on any atom is -0.451 e. The Morgan fingerprint density at radius 2 is 1.77 bits per heavy atom. The van der Waals surface area contributed by atoms with E-state index >= 15 is 0 Å². The number of benzene rings is 2. The molecule has 0 spiro atoms. The fourth-order valence-electron chi connectivity index (χ4n) is 2.65. The Morgan fingerprint density at radius 3 is 2.35 bits per heavy atom. The number of rotatable bonds is 6. The first-order valence-corrected chi connectivity index (χ1v) is 9.44. The SMILES string of the molecule is Cc1ccc(NC(=O)NC(=O)COC(=O)/C(C#N)=C/c2ccc(N(C)C)cc2)c(C)c1. The fourth-order valence-corrected chi connectivity index (χ4v) is 2.65. The number of ether oxygens (including phenoxy) is 1. The molecule has 0 fully saturated rings. The summed E-state index contributed by atoms with van der Waals surface area (Å²) in [7, 11) is 3.80. The van der Waals surface area contributed by atoms with Crippen LogP contribution in [0.25, 0.3) is 6.08 Å². The van der Waals surface area contributed by atoms with Crippen LogP contribution in [0.5, 0.6) is 0 Å². The van der Waals surface area contributed by atoms with Gasteiger partial charge in [-0.2, -0.15) is 5.26 Å². The predicted octanol–water partition coefficient (Wildman–Crippen LogP) is 3.17. The van der Waals surface area contributed by atoms with Crippen LogP contribution >= 0.6 is 0 Å². The number of hydrogen-bond donors (Lipinski definition) is 2. The van der Waals surface area contributed by atoms with Crippen molar-refractivity contribution in [2.75, 3.05) is 30.9 Å². The highest BCUT2D eigenvalue weighted by Crippen LogP contribution is 2.16. The van der Waals surface area contributed by atoms with E-state index in [2.05, 4.69) is 10.6 Å². The van der Waals surface area contributed by atoms with Crippen molar-refractivity contribution < 1.29 is 19.1 Å². The van der Waals surface area contributed by atoms with Crippen LogP contribution in [0.3, 0.4) is 0 Å². The van der Waals surface area contributed by atoms with Gasteiger partial charge in [0.2, 0.25) is 0 Å². The molecular weight excluding hydrogens is 396 g/mol. The maximum absolute atomic E-state index is 12.1. The molecule has 8 nitrogen and oxygen atoms in total. The highest BCUT2D eigenvalue weighted by Gasteiger charge is 2.15. The molecule has 0 radical (unpaired) electrons. The van der Waals surface area contributed by atoms with Crippen molar-refractivity contribution in [1.82, 2.24) is 5.32 Å². The van der Waals surface area contributed by atoms with Crippen molar-refractivity contribution >= 4 is 35.4 Å². The molecule has 0 aliphatic carbocycles. The molecule has 3 amide bonds. The zero-order valence-electron chi connectivity index (χ0n) is 17.9. The quantitative estimate of drug-likeness (QED) is 0.422. The summed E-state index contributed by atoms with van der Waals surface area (Å²) in [5.74, 6) is -1.77. The number of nitrogens with zero attached hydrogens (tertiary/aromatic N) is 2. The first-order valence-electron chi connectivity index (χ1n) is 9.44. The lowest BCUT2D eigenvalue weighted by Gasteiger charge is -2.12. The second-order valence-electron chi connectivity index (χ2n) is 7.05. The summed E-state index contributed by atoms with van der Waals surface area (Å²) in [6.45, 7) is 3.06. The zero-order valence-corrected chi connectivity index (χ0v) is 17.9. The van der Waals surface area contributed by atoms with Gasteiger partial charge in [-0.25, -0.2) is 9.59 Å². The average Bonchev–Trinajstić information content (AvgIpc) is 2.72. The van der Waals surface area contributed by atoms with Crippen molar-refractivity contribution in [3.8, 4) is 6.07 Å². The summed E-state index contributed by atoms with van der Waals surface area (Å²) in [6, 6.07) is 13.7. The van der Waals surface area contributed by atoms with Gasteiger partial charge in [-0.05, 0) is 49.2 Å². The number of nitriles is 1. The summed E-state index contributed by atoms with van der Waals surface area (Å²) in [5, 5.41) is 13.9. The molecule has 2 N–H and O–H groups in total. The number of imide groups is 1. The first-order chi connectivity index (χ1) is 14.7. The van der Waals surface area contributed by atoms with Gasteiger partial charge in [-0.15, -0.1) is 0 Å². The van der Waals surface area contributed by atoms with E-state index in [0.29, 0.717) is 11.3 Å². The molecule has 8 heteroatoms. The maximum atomic E-state index is 12.1. The van der Waals surface area contributed by atoms with Crippen molar-refractivity contribution in [2.24, 2.45) is 0 Å². The van der Waals surface area contributed by atoms with E-state index in [4.69, 9.17) is 4.74 Å². The van der Waals surface area contributed by atoms with E-state index < -0.39 is 24.5 Å². The molecule has 160 valence electrons. The molecule has 2 aromatic carbocycles. The van der Waals surface area contributed by atoms with E-state index in [9.17, 15) is 19.6 Å². The summed E-state index contributed by atoms with van der Waals surface area (Å²) >= 11 is 0. The monoisotopic (exact) mass is 420 g/mol. The lowest BCUT2D eigenvalue weighted by atomic mass is 10.1. The Balaban J connectivity index is 1.90. The molecule has 0 bridgehead atoms. The molecule has 0 aliphatic heterocycles. The molecule has 0 atom stereocenters. The molecule has 0 unspecified atom stereocenters. The van der Waals surface area contributed by atoms with Crippen molar-refractivity contribution in [2.45, 2.75) is 13.8 Å². The third kappa shape index (κ3) is 7.01. The second kappa shape index (κ2) is 10.6. The van der Waals surface area contributed by atoms with Crippen molar-refractivity contribution in [1.29, 1.82) is 5.26 Å². The van der Waals surface area contributed by atoms with E-state index in [-0.39, 0.29) is 5.57 Å². The average molecular weight is 420 g/mol. The predicted molar refractivity (Wildman–Crippen MR) is 118 cm³/mol. The maximum Gasteiger partial charge on any atom is 0.349 e. The minimum atomic E-state index is -0.955. The van der Waals surface area contributed by atoms with Gasteiger partial charge in [0.15, 0.2) is 6.61 Å². The number of nitrogens with one attached hydrogen (secondary N) is 2. The minimum absolute atomic E-state index is 0.259. The molecule has 31 heavy (non-hydrogen) atoms. The number of esters is 1. The lowest BCUT2D eigenvalue weighted by molar-refractivity contribution is -0.144. The van der Waals surface area contributed by atoms with Crippen LogP contribution < -0.4 is 15.5 Å². The van der Waals surface area contributed by atoms with Crippen molar-refractivity contribution in [3.63, 3.8) is 0 Å². The van der Waals surface area contributed by atoms with E-state index in [1.165, 1.54) is 6.08 Å². The highest BCUT2D eigenvalue weighted by atomic mass is 16.5. The molecule has 0 heterocycles. The van der Waals surface area contributed by atoms with Crippen LogP contribution in [0.1, 0.15) is 16.7 Å². The number of carbonyl (C=O) groups excluding carboxylic acids is 3. The second-order valence-corrected chi connectivity index (χ2v) is 7.05. The Bertz CT molecular complexity index is 1050. The van der Waals surface area contributed by atoms with Gasteiger partial charge in [0.25, 0.3) is 5.91 Å². The molecular formula is C23H24N4O4. The molecule has 0 aromatic heterocycles. The first kappa shape index (κ1) is 23.2. The third-order valence-electron chi connectivity index (χ3n) is 4.28. The zero-order chi connectivity index (χ0) is 23.0. The lowest BCUT2D eigenvalue weighted by Crippen LogP contribution is -2.37.